The molecule has 1 aromatic heterocycles. The number of hydrogen-bond acceptors (Lipinski definition) is 10. The van der Waals surface area contributed by atoms with E-state index < -0.39 is 23.1 Å². The number of hydrogen-bond donors (Lipinski definition) is 1. The molecule has 1 aliphatic rings. The zero-order chi connectivity index (χ0) is 31.5. The molecule has 0 unspecified atom stereocenters. The van der Waals surface area contributed by atoms with Gasteiger partial charge in [-0.3, -0.25) is 14.9 Å². The van der Waals surface area contributed by atoms with Gasteiger partial charge in [0.05, 0.1) is 11.0 Å². The van der Waals surface area contributed by atoms with Gasteiger partial charge in [0.1, 0.15) is 11.9 Å². The van der Waals surface area contributed by atoms with Gasteiger partial charge < -0.3 is 19.5 Å². The molecule has 1 fully saturated rings. The van der Waals surface area contributed by atoms with Gasteiger partial charge >= 0.3 is 12.1 Å². The average Bonchev–Trinajstić information content (AvgIpc) is 3.62. The Kier molecular flexibility index (Phi) is 11.0. The Labute approximate surface area is 251 Å². The summed E-state index contributed by atoms with van der Waals surface area (Å²) in [5.41, 5.74) is -0.416. The monoisotopic (exact) mass is 614 g/mol. The van der Waals surface area contributed by atoms with Crippen molar-refractivity contribution in [1.29, 1.82) is 0 Å². The summed E-state index contributed by atoms with van der Waals surface area (Å²) in [4.78, 5) is 37.1. The number of carbonyl (C=O) groups is 2. The molecule has 0 aliphatic carbocycles. The number of aromatic nitrogens is 4. The van der Waals surface area contributed by atoms with Gasteiger partial charge in [0.2, 0.25) is 12.6 Å². The maximum absolute atomic E-state index is 14.6. The second-order valence-corrected chi connectivity index (χ2v) is 10.1. The Balaban J connectivity index is 1.12. The quantitative estimate of drug-likeness (QED) is 0.0641. The minimum Gasteiger partial charge on any atom is -0.409 e. The van der Waals surface area contributed by atoms with Gasteiger partial charge in [-0.1, -0.05) is 55.3 Å². The summed E-state index contributed by atoms with van der Waals surface area (Å²) < 4.78 is 39.0. The van der Waals surface area contributed by atoms with Crippen LogP contribution in [-0.4, -0.2) is 65.9 Å². The predicted molar refractivity (Wildman–Crippen MR) is 150 cm³/mol. The maximum Gasteiger partial charge on any atom is 0.515 e. The Morgan fingerprint density at radius 3 is 2.59 bits per heavy atom. The normalized spacial score (nSPS) is 15.9. The fourth-order valence-corrected chi connectivity index (χ4v) is 4.65. The number of rotatable bonds is 15. The van der Waals surface area contributed by atoms with E-state index in [0.717, 1.165) is 36.6 Å². The molecule has 0 spiro atoms. The topological polar surface area (TPSA) is 163 Å². The van der Waals surface area contributed by atoms with E-state index in [1.807, 2.05) is 0 Å². The highest BCUT2D eigenvalue weighted by atomic mass is 19.3. The number of aryl methyl sites for hydroxylation is 1. The first kappa shape index (κ1) is 32.1. The number of benzene rings is 2. The third kappa shape index (κ3) is 8.86. The number of ether oxygens (including phenoxy) is 2. The highest BCUT2D eigenvalue weighted by molar-refractivity contribution is 5.79. The van der Waals surface area contributed by atoms with Crippen LogP contribution in [-0.2, 0) is 28.6 Å². The zero-order valence-electron chi connectivity index (χ0n) is 23.7. The van der Waals surface area contributed by atoms with Gasteiger partial charge in [-0.25, -0.2) is 4.79 Å². The first-order valence-electron chi connectivity index (χ1n) is 14.1. The molecule has 3 aromatic rings. The molecule has 1 N–H and O–H groups in total. The Morgan fingerprint density at radius 1 is 1.14 bits per heavy atom. The number of tetrazole rings is 1. The molecule has 2 aromatic carbocycles. The molecule has 2 heterocycles. The molecular formula is C29H32F2N6O7. The van der Waals surface area contributed by atoms with Gasteiger partial charge in [0.25, 0.3) is 5.69 Å². The molecule has 1 amide bonds. The van der Waals surface area contributed by atoms with E-state index in [-0.39, 0.29) is 35.7 Å². The van der Waals surface area contributed by atoms with E-state index in [2.05, 4.69) is 15.4 Å². The van der Waals surface area contributed by atoms with Crippen molar-refractivity contribution in [3.63, 3.8) is 0 Å². The van der Waals surface area contributed by atoms with E-state index in [4.69, 9.17) is 9.47 Å². The number of nitro benzene ring substituents is 1. The number of amides is 1. The van der Waals surface area contributed by atoms with Crippen molar-refractivity contribution < 1.29 is 37.9 Å². The zero-order valence-corrected chi connectivity index (χ0v) is 23.7. The van der Waals surface area contributed by atoms with Gasteiger partial charge in [-0.05, 0) is 36.6 Å². The number of aliphatic hydroxyl groups is 1. The molecule has 4 rings (SSSR count). The fourth-order valence-electron chi connectivity index (χ4n) is 4.65. The molecule has 0 radical (unpaired) electrons. The summed E-state index contributed by atoms with van der Waals surface area (Å²) >= 11 is 0. The largest absolute Gasteiger partial charge is 0.515 e. The minimum atomic E-state index is -3.44. The fraction of sp³-hybridized carbons (Fsp3) is 0.414. The number of aliphatic hydroxyl groups excluding tert-OH is 1. The van der Waals surface area contributed by atoms with Crippen LogP contribution in [0, 0.1) is 10.1 Å². The second-order valence-electron chi connectivity index (χ2n) is 10.1. The number of nitro groups is 1. The molecule has 44 heavy (non-hydrogen) atoms. The number of alkyl halides is 2. The number of likely N-dealkylation sites (tertiary alicyclic amines) is 1. The van der Waals surface area contributed by atoms with Crippen molar-refractivity contribution in [1.82, 2.24) is 25.1 Å². The lowest BCUT2D eigenvalue weighted by atomic mass is 10.0. The van der Waals surface area contributed by atoms with Crippen molar-refractivity contribution >= 4 is 17.7 Å². The minimum absolute atomic E-state index is 0.0383. The lowest BCUT2D eigenvalue weighted by Gasteiger charge is -2.24. The molecule has 1 aliphatic heterocycles. The molecule has 0 saturated carbocycles. The van der Waals surface area contributed by atoms with Crippen molar-refractivity contribution in [2.24, 2.45) is 0 Å². The predicted octanol–water partition coefficient (Wildman–Crippen LogP) is 4.56. The van der Waals surface area contributed by atoms with Crippen LogP contribution < -0.4 is 4.74 Å². The average molecular weight is 615 g/mol. The Bertz CT molecular complexity index is 1440. The summed E-state index contributed by atoms with van der Waals surface area (Å²) in [6, 6.07) is 11.7. The van der Waals surface area contributed by atoms with Gasteiger partial charge in [0.15, 0.2) is 5.82 Å². The number of carbonyl (C=O) groups excluding carboxylic acids is 2. The molecule has 234 valence electrons. The third-order valence-corrected chi connectivity index (χ3v) is 7.01. The van der Waals surface area contributed by atoms with Crippen LogP contribution in [0.2, 0.25) is 0 Å². The number of nitrogens with zero attached hydrogens (tertiary/aromatic N) is 6. The van der Waals surface area contributed by atoms with Crippen molar-refractivity contribution in [2.75, 3.05) is 6.54 Å². The highest BCUT2D eigenvalue weighted by Gasteiger charge is 2.39. The van der Waals surface area contributed by atoms with Gasteiger partial charge in [0, 0.05) is 37.1 Å². The lowest BCUT2D eigenvalue weighted by Crippen LogP contribution is -2.34. The summed E-state index contributed by atoms with van der Waals surface area (Å²) in [5.74, 6) is -2.94. The smallest absolute Gasteiger partial charge is 0.409 e. The molecular weight excluding hydrogens is 582 g/mol. The van der Waals surface area contributed by atoms with Crippen molar-refractivity contribution in [3.05, 3.63) is 88.3 Å². The third-order valence-electron chi connectivity index (χ3n) is 7.01. The molecule has 1 saturated heterocycles. The van der Waals surface area contributed by atoms with Crippen LogP contribution in [0.15, 0.2) is 66.7 Å². The first-order chi connectivity index (χ1) is 21.1. The highest BCUT2D eigenvalue weighted by Crippen LogP contribution is 2.33. The van der Waals surface area contributed by atoms with Crippen LogP contribution in [0.25, 0.3) is 0 Å². The summed E-state index contributed by atoms with van der Waals surface area (Å²) in [5, 5.41) is 32.7. The SMILES string of the molecule is O=C(OCn1nnc(CCCCCCN2C(=O)CC[C@@H]2C=C[C@@H](O)C(F)(F)c2ccccc2)n1)Oc1ccc([N+](=O)[O-])cc1. The van der Waals surface area contributed by atoms with E-state index in [1.165, 1.54) is 54.6 Å². The summed E-state index contributed by atoms with van der Waals surface area (Å²) in [6.07, 6.45) is 4.06. The number of non-ortho nitro benzene ring substituents is 1. The molecule has 15 heteroatoms. The number of halogens is 2. The van der Waals surface area contributed by atoms with E-state index in [0.29, 0.717) is 31.6 Å². The van der Waals surface area contributed by atoms with E-state index >= 15 is 0 Å². The molecule has 13 nitrogen and oxygen atoms in total. The van der Waals surface area contributed by atoms with Crippen LogP contribution in [0.3, 0.4) is 0 Å². The summed E-state index contributed by atoms with van der Waals surface area (Å²) in [6.45, 7) is 0.153. The van der Waals surface area contributed by atoms with E-state index in [9.17, 15) is 33.6 Å². The van der Waals surface area contributed by atoms with Gasteiger partial charge in [-0.2, -0.15) is 8.78 Å². The Hall–Kier alpha value is -4.79. The first-order valence-corrected chi connectivity index (χ1v) is 14.1. The molecule has 2 atom stereocenters. The lowest BCUT2D eigenvalue weighted by molar-refractivity contribution is -0.384. The number of unbranched alkanes of at least 4 members (excludes halogenated alkanes) is 3. The maximum atomic E-state index is 14.6. The van der Waals surface area contributed by atoms with Crippen LogP contribution in [0.4, 0.5) is 19.3 Å². The Morgan fingerprint density at radius 2 is 1.86 bits per heavy atom. The van der Waals surface area contributed by atoms with Crippen LogP contribution in [0.1, 0.15) is 49.9 Å². The van der Waals surface area contributed by atoms with Crippen LogP contribution >= 0.6 is 0 Å². The summed E-state index contributed by atoms with van der Waals surface area (Å²) in [7, 11) is 0. The van der Waals surface area contributed by atoms with Crippen molar-refractivity contribution in [2.45, 2.75) is 69.7 Å². The van der Waals surface area contributed by atoms with Gasteiger partial charge in [-0.15, -0.1) is 15.0 Å². The van der Waals surface area contributed by atoms with E-state index in [1.54, 1.807) is 11.0 Å². The van der Waals surface area contributed by atoms with Crippen LogP contribution in [0.5, 0.6) is 5.75 Å². The standard InChI is InChI=1S/C29H32F2N6O7/c30-29(31,21-8-4-3-5-9-21)25(38)17-13-22-14-18-27(39)35(22)19-7-2-1-6-10-26-32-34-36(33-26)20-43-28(40)44-24-15-11-23(12-16-24)37(41)42/h3-5,8-9,11-13,15-17,22,25,38H,1-2,6-7,10,14,18-20H2/t22-,25+/m0/s1. The second kappa shape index (κ2) is 15.1. The van der Waals surface area contributed by atoms with Crippen molar-refractivity contribution in [3.8, 4) is 5.75 Å². The molecule has 0 bridgehead atoms.